The molecule has 2 saturated heterocycles. The Morgan fingerprint density at radius 2 is 2.04 bits per heavy atom. The van der Waals surface area contributed by atoms with E-state index in [4.69, 9.17) is 17.0 Å². The summed E-state index contributed by atoms with van der Waals surface area (Å²) < 4.78 is 6.19. The zero-order chi connectivity index (χ0) is 17.1. The number of thiocarbonyl (C=S) groups is 1. The van der Waals surface area contributed by atoms with Gasteiger partial charge in [-0.2, -0.15) is 0 Å². The first-order chi connectivity index (χ1) is 11.6. The number of likely N-dealkylation sites (N-methyl/N-ethyl adjacent to an activating group) is 1. The molecule has 2 aliphatic heterocycles. The number of thioether (sulfide) groups is 1. The van der Waals surface area contributed by atoms with Gasteiger partial charge in [-0.15, -0.1) is 0 Å². The van der Waals surface area contributed by atoms with Crippen LogP contribution >= 0.6 is 24.0 Å². The summed E-state index contributed by atoms with van der Waals surface area (Å²) in [7, 11) is 1.67. The topological polar surface area (TPSA) is 32.8 Å². The Morgan fingerprint density at radius 3 is 2.67 bits per heavy atom. The Kier molecular flexibility index (Phi) is 5.46. The molecule has 1 aromatic carbocycles. The Balaban J connectivity index is 1.87. The van der Waals surface area contributed by atoms with E-state index in [0.29, 0.717) is 15.8 Å². The monoisotopic (exact) mass is 362 g/mol. The quantitative estimate of drug-likeness (QED) is 0.599. The van der Waals surface area contributed by atoms with Gasteiger partial charge < -0.3 is 9.64 Å². The molecule has 0 unspecified atom stereocenters. The molecule has 2 heterocycles. The molecule has 3 rings (SSSR count). The molecule has 0 aliphatic carbocycles. The smallest absolute Gasteiger partial charge is 0.266 e. The molecule has 0 bridgehead atoms. The van der Waals surface area contributed by atoms with Crippen molar-refractivity contribution < 1.29 is 9.53 Å². The third-order valence-electron chi connectivity index (χ3n) is 4.41. The summed E-state index contributed by atoms with van der Waals surface area (Å²) in [6.07, 6.45) is 5.67. The number of benzene rings is 1. The first-order valence-corrected chi connectivity index (χ1v) is 9.55. The van der Waals surface area contributed by atoms with Gasteiger partial charge in [-0.25, -0.2) is 0 Å². The van der Waals surface area contributed by atoms with E-state index in [2.05, 4.69) is 17.0 Å². The normalized spacial score (nSPS) is 20.2. The van der Waals surface area contributed by atoms with Crippen molar-refractivity contribution in [1.29, 1.82) is 0 Å². The summed E-state index contributed by atoms with van der Waals surface area (Å²) >= 11 is 6.62. The summed E-state index contributed by atoms with van der Waals surface area (Å²) in [5.41, 5.74) is 2.10. The number of ether oxygens (including phenoxy) is 1. The highest BCUT2D eigenvalue weighted by molar-refractivity contribution is 8.26. The van der Waals surface area contributed by atoms with Gasteiger partial charge in [0.15, 0.2) is 0 Å². The molecule has 1 amide bonds. The summed E-state index contributed by atoms with van der Waals surface area (Å²) in [6, 6.07) is 6.21. The van der Waals surface area contributed by atoms with Crippen LogP contribution < -0.4 is 9.64 Å². The van der Waals surface area contributed by atoms with Crippen LogP contribution in [-0.4, -0.2) is 41.9 Å². The highest BCUT2D eigenvalue weighted by atomic mass is 32.2. The maximum atomic E-state index is 12.4. The van der Waals surface area contributed by atoms with E-state index < -0.39 is 0 Å². The molecule has 1 aromatic rings. The lowest BCUT2D eigenvalue weighted by Crippen LogP contribution is -2.29. The maximum absolute atomic E-state index is 12.4. The number of hydrogen-bond acceptors (Lipinski definition) is 5. The van der Waals surface area contributed by atoms with Crippen molar-refractivity contribution in [2.24, 2.45) is 0 Å². The average Bonchev–Trinajstić information content (AvgIpc) is 2.89. The minimum Gasteiger partial charge on any atom is -0.496 e. The van der Waals surface area contributed by atoms with Crippen molar-refractivity contribution >= 4 is 46.0 Å². The number of piperidine rings is 1. The zero-order valence-corrected chi connectivity index (χ0v) is 15.7. The molecular formula is C18H22N2O2S2. The van der Waals surface area contributed by atoms with Crippen LogP contribution in [0.1, 0.15) is 31.7 Å². The fraction of sp³-hybridized carbons (Fsp3) is 0.444. The first-order valence-electron chi connectivity index (χ1n) is 8.32. The van der Waals surface area contributed by atoms with Crippen LogP contribution in [0.2, 0.25) is 0 Å². The Bertz CT molecular complexity index is 682. The van der Waals surface area contributed by atoms with Gasteiger partial charge in [0.2, 0.25) is 0 Å². The number of carbonyl (C=O) groups excluding carboxylic acids is 1. The lowest BCUT2D eigenvalue weighted by molar-refractivity contribution is -0.121. The summed E-state index contributed by atoms with van der Waals surface area (Å²) in [6.45, 7) is 4.73. The lowest BCUT2D eigenvalue weighted by Gasteiger charge is -2.29. The van der Waals surface area contributed by atoms with Gasteiger partial charge in [-0.05, 0) is 44.4 Å². The highest BCUT2D eigenvalue weighted by Gasteiger charge is 2.30. The second-order valence-corrected chi connectivity index (χ2v) is 7.58. The predicted molar refractivity (Wildman–Crippen MR) is 105 cm³/mol. The van der Waals surface area contributed by atoms with Gasteiger partial charge in [0.1, 0.15) is 10.1 Å². The Hall–Kier alpha value is -1.53. The molecule has 128 valence electrons. The van der Waals surface area contributed by atoms with Crippen molar-refractivity contribution in [3.63, 3.8) is 0 Å². The van der Waals surface area contributed by atoms with Gasteiger partial charge in [-0.1, -0.05) is 24.0 Å². The van der Waals surface area contributed by atoms with Gasteiger partial charge in [0.05, 0.1) is 12.0 Å². The van der Waals surface area contributed by atoms with Crippen LogP contribution in [-0.2, 0) is 4.79 Å². The largest absolute Gasteiger partial charge is 0.496 e. The predicted octanol–water partition coefficient (Wildman–Crippen LogP) is 3.91. The van der Waals surface area contributed by atoms with Crippen molar-refractivity contribution in [2.75, 3.05) is 31.6 Å². The van der Waals surface area contributed by atoms with Crippen LogP contribution in [0.5, 0.6) is 5.75 Å². The first kappa shape index (κ1) is 17.3. The number of nitrogens with zero attached hydrogens (tertiary/aromatic N) is 2. The number of anilines is 1. The van der Waals surface area contributed by atoms with E-state index in [9.17, 15) is 4.79 Å². The third kappa shape index (κ3) is 3.44. The second kappa shape index (κ2) is 7.57. The van der Waals surface area contributed by atoms with Crippen molar-refractivity contribution in [2.45, 2.75) is 26.2 Å². The lowest BCUT2D eigenvalue weighted by atomic mass is 10.1. The van der Waals surface area contributed by atoms with Gasteiger partial charge in [-0.3, -0.25) is 9.69 Å². The number of rotatable bonds is 4. The molecule has 0 atom stereocenters. The van der Waals surface area contributed by atoms with E-state index in [-0.39, 0.29) is 5.91 Å². The second-order valence-electron chi connectivity index (χ2n) is 5.90. The molecule has 2 aliphatic rings. The third-order valence-corrected chi connectivity index (χ3v) is 5.79. The van der Waals surface area contributed by atoms with Gasteiger partial charge >= 0.3 is 0 Å². The van der Waals surface area contributed by atoms with Crippen LogP contribution in [0.25, 0.3) is 6.08 Å². The van der Waals surface area contributed by atoms with Crippen LogP contribution in [0.4, 0.5) is 5.69 Å². The zero-order valence-electron chi connectivity index (χ0n) is 14.1. The number of hydrogen-bond donors (Lipinski definition) is 0. The van der Waals surface area contributed by atoms with Crippen molar-refractivity contribution in [1.82, 2.24) is 4.90 Å². The SMILES string of the molecule is CCN1C(=O)/C(=C/c2ccc(N3CCCCC3)cc2OC)SC1=S. The molecule has 4 nitrogen and oxygen atoms in total. The minimum atomic E-state index is -0.0188. The maximum Gasteiger partial charge on any atom is 0.266 e. The summed E-state index contributed by atoms with van der Waals surface area (Å²) in [5.74, 6) is 0.773. The molecule has 24 heavy (non-hydrogen) atoms. The van der Waals surface area contributed by atoms with Gasteiger partial charge in [0, 0.05) is 37.0 Å². The van der Waals surface area contributed by atoms with E-state index in [1.165, 1.54) is 36.7 Å². The van der Waals surface area contributed by atoms with E-state index in [1.54, 1.807) is 12.0 Å². The molecule has 2 fully saturated rings. The fourth-order valence-corrected chi connectivity index (χ4v) is 4.46. The fourth-order valence-electron chi connectivity index (χ4n) is 3.08. The molecule has 0 N–H and O–H groups in total. The average molecular weight is 363 g/mol. The molecule has 0 radical (unpaired) electrons. The molecule has 6 heteroatoms. The van der Waals surface area contributed by atoms with Crippen molar-refractivity contribution in [3.05, 3.63) is 28.7 Å². The van der Waals surface area contributed by atoms with E-state index in [0.717, 1.165) is 24.4 Å². The Labute approximate surface area is 152 Å². The molecule has 0 spiro atoms. The van der Waals surface area contributed by atoms with Crippen LogP contribution in [0.3, 0.4) is 0 Å². The van der Waals surface area contributed by atoms with E-state index >= 15 is 0 Å². The number of amides is 1. The van der Waals surface area contributed by atoms with Crippen LogP contribution in [0.15, 0.2) is 23.1 Å². The van der Waals surface area contributed by atoms with E-state index in [1.807, 2.05) is 19.1 Å². The standard InChI is InChI=1S/C18H22N2O2S2/c1-3-20-17(21)16(24-18(20)23)11-13-7-8-14(12-15(13)22-2)19-9-5-4-6-10-19/h7-8,11-12H,3-6,9-10H2,1-2H3/b16-11-. The minimum absolute atomic E-state index is 0.0188. The molecule has 0 saturated carbocycles. The summed E-state index contributed by atoms with van der Waals surface area (Å²) in [5, 5.41) is 0. The molecule has 0 aromatic heterocycles. The highest BCUT2D eigenvalue weighted by Crippen LogP contribution is 2.35. The Morgan fingerprint density at radius 1 is 1.29 bits per heavy atom. The van der Waals surface area contributed by atoms with Crippen molar-refractivity contribution in [3.8, 4) is 5.75 Å². The number of carbonyl (C=O) groups is 1. The van der Waals surface area contributed by atoms with Gasteiger partial charge in [0.25, 0.3) is 5.91 Å². The summed E-state index contributed by atoms with van der Waals surface area (Å²) in [4.78, 5) is 17.0. The van der Waals surface area contributed by atoms with Crippen LogP contribution in [0, 0.1) is 0 Å². The molecular weight excluding hydrogens is 340 g/mol. The number of methoxy groups -OCH3 is 1.